The predicted molar refractivity (Wildman–Crippen MR) is 96.1 cm³/mol. The Morgan fingerprint density at radius 3 is 1.93 bits per heavy atom. The van der Waals surface area contributed by atoms with Gasteiger partial charge >= 0.3 is 11.8 Å². The van der Waals surface area contributed by atoms with Crippen LogP contribution in [0.25, 0.3) is 28.2 Å². The Hall–Kier alpha value is -2.99. The first-order valence-corrected chi connectivity index (χ1v) is 8.42. The minimum Gasteiger partial charge on any atom is -0.166 e. The molecule has 0 amide bonds. The molecule has 2 aromatic carbocycles. The fraction of sp³-hybridized carbons (Fsp3) is 0.0500. The third-order valence-corrected chi connectivity index (χ3v) is 4.32. The molecule has 0 fully saturated rings. The molecule has 27 heavy (non-hydrogen) atoms. The average molecular weight is 387 g/mol. The molecule has 0 spiro atoms. The standard InChI is InChI=1S/C20H12ClF3N3/c21-16-11-15(20(22,23)24)12-27-19(16)25-17(13-7-3-1-4-8-13)18(26-27)14-9-5-2-6-10-14/h1-12H/q+1. The lowest BCUT2D eigenvalue weighted by Crippen LogP contribution is -2.31. The Morgan fingerprint density at radius 1 is 0.815 bits per heavy atom. The lowest BCUT2D eigenvalue weighted by atomic mass is 10.0. The number of alkyl halides is 3. The number of hydrogen-bond acceptors (Lipinski definition) is 2. The van der Waals surface area contributed by atoms with E-state index in [1.807, 2.05) is 60.7 Å². The number of hydrogen-bond donors (Lipinski definition) is 0. The average Bonchev–Trinajstić information content (AvgIpc) is 2.68. The van der Waals surface area contributed by atoms with E-state index in [0.29, 0.717) is 11.4 Å². The smallest absolute Gasteiger partial charge is 0.166 e. The number of aromatic nitrogens is 3. The highest BCUT2D eigenvalue weighted by atomic mass is 35.5. The van der Waals surface area contributed by atoms with Gasteiger partial charge in [0, 0.05) is 11.1 Å². The first-order chi connectivity index (χ1) is 12.9. The highest BCUT2D eigenvalue weighted by Gasteiger charge is 2.34. The molecule has 134 valence electrons. The molecule has 3 nitrogen and oxygen atoms in total. The Bertz CT molecular complexity index is 1110. The fourth-order valence-corrected chi connectivity index (χ4v) is 3.02. The van der Waals surface area contributed by atoms with Gasteiger partial charge in [0.15, 0.2) is 5.69 Å². The molecule has 2 heterocycles. The fourth-order valence-electron chi connectivity index (χ4n) is 2.78. The molecule has 0 atom stereocenters. The van der Waals surface area contributed by atoms with Crippen molar-refractivity contribution in [3.05, 3.63) is 83.5 Å². The summed E-state index contributed by atoms with van der Waals surface area (Å²) in [6, 6.07) is 19.4. The minimum absolute atomic E-state index is 0.117. The third kappa shape index (κ3) is 3.36. The monoisotopic (exact) mass is 386 g/mol. The van der Waals surface area contributed by atoms with Crippen LogP contribution in [0.3, 0.4) is 0 Å². The number of pyridine rings is 1. The second kappa shape index (κ2) is 6.63. The molecule has 0 N–H and O–H groups in total. The van der Waals surface area contributed by atoms with Gasteiger partial charge in [-0.2, -0.15) is 13.2 Å². The molecule has 0 saturated heterocycles. The van der Waals surface area contributed by atoms with Gasteiger partial charge in [0.25, 0.3) is 0 Å². The maximum Gasteiger partial charge on any atom is 0.420 e. The molecule has 0 unspecified atom stereocenters. The lowest BCUT2D eigenvalue weighted by molar-refractivity contribution is -0.583. The van der Waals surface area contributed by atoms with Gasteiger partial charge in [-0.15, -0.1) is 0 Å². The van der Waals surface area contributed by atoms with Gasteiger partial charge in [-0.05, 0) is 11.1 Å². The van der Waals surface area contributed by atoms with Crippen LogP contribution in [-0.4, -0.2) is 10.1 Å². The van der Waals surface area contributed by atoms with E-state index in [1.54, 1.807) is 0 Å². The van der Waals surface area contributed by atoms with Crippen molar-refractivity contribution < 1.29 is 17.7 Å². The van der Waals surface area contributed by atoms with Crippen molar-refractivity contribution in [3.8, 4) is 22.5 Å². The van der Waals surface area contributed by atoms with E-state index in [4.69, 9.17) is 11.6 Å². The zero-order valence-electron chi connectivity index (χ0n) is 13.8. The summed E-state index contributed by atoms with van der Waals surface area (Å²) in [6.45, 7) is 0. The minimum atomic E-state index is -4.53. The van der Waals surface area contributed by atoms with Crippen molar-refractivity contribution in [2.75, 3.05) is 0 Å². The van der Waals surface area contributed by atoms with Gasteiger partial charge in [-0.25, -0.2) is 0 Å². The molecule has 0 aliphatic rings. The Balaban J connectivity index is 2.05. The van der Waals surface area contributed by atoms with Gasteiger partial charge in [-0.3, -0.25) is 0 Å². The molecule has 4 aromatic rings. The second-order valence-electron chi connectivity index (χ2n) is 5.88. The topological polar surface area (TPSA) is 29.9 Å². The molecular formula is C20H12ClF3N3+. The van der Waals surface area contributed by atoms with Crippen molar-refractivity contribution in [1.82, 2.24) is 10.1 Å². The Labute approximate surface area is 157 Å². The van der Waals surface area contributed by atoms with Crippen LogP contribution in [0.1, 0.15) is 5.56 Å². The number of fused-ring (bicyclic) bond motifs is 1. The van der Waals surface area contributed by atoms with E-state index in [1.165, 1.54) is 0 Å². The summed E-state index contributed by atoms with van der Waals surface area (Å²) in [5.74, 6) is 0. The zero-order chi connectivity index (χ0) is 19.0. The third-order valence-electron chi connectivity index (χ3n) is 4.05. The first-order valence-electron chi connectivity index (χ1n) is 8.05. The predicted octanol–water partition coefficient (Wildman–Crippen LogP) is 5.22. The maximum absolute atomic E-state index is 13.1. The zero-order valence-corrected chi connectivity index (χ0v) is 14.5. The molecule has 0 bridgehead atoms. The van der Waals surface area contributed by atoms with Crippen LogP contribution >= 0.6 is 11.6 Å². The number of benzene rings is 2. The summed E-state index contributed by atoms with van der Waals surface area (Å²) in [4.78, 5) is 4.55. The van der Waals surface area contributed by atoms with Crippen LogP contribution in [0.4, 0.5) is 13.2 Å². The van der Waals surface area contributed by atoms with Crippen molar-refractivity contribution in [2.45, 2.75) is 6.18 Å². The molecular weight excluding hydrogens is 375 g/mol. The van der Waals surface area contributed by atoms with Crippen molar-refractivity contribution in [1.29, 1.82) is 0 Å². The van der Waals surface area contributed by atoms with Crippen LogP contribution < -0.4 is 4.52 Å². The van der Waals surface area contributed by atoms with Crippen LogP contribution in [0.2, 0.25) is 5.02 Å². The quantitative estimate of drug-likeness (QED) is 0.442. The molecule has 0 saturated carbocycles. The summed E-state index contributed by atoms with van der Waals surface area (Å²) in [6.07, 6.45) is -3.63. The molecule has 7 heteroatoms. The summed E-state index contributed by atoms with van der Waals surface area (Å²) >= 11 is 6.10. The van der Waals surface area contributed by atoms with E-state index < -0.39 is 11.7 Å². The van der Waals surface area contributed by atoms with Gasteiger partial charge in [0.05, 0.1) is 5.56 Å². The van der Waals surface area contributed by atoms with Crippen LogP contribution in [-0.2, 0) is 6.18 Å². The van der Waals surface area contributed by atoms with Crippen LogP contribution in [0.15, 0.2) is 72.9 Å². The summed E-state index contributed by atoms with van der Waals surface area (Å²) in [5.41, 5.74) is 1.82. The Kier molecular flexibility index (Phi) is 4.28. The highest BCUT2D eigenvalue weighted by molar-refractivity contribution is 6.33. The van der Waals surface area contributed by atoms with Crippen LogP contribution in [0.5, 0.6) is 0 Å². The largest absolute Gasteiger partial charge is 0.420 e. The second-order valence-corrected chi connectivity index (χ2v) is 6.29. The molecule has 0 aliphatic carbocycles. The van der Waals surface area contributed by atoms with E-state index in [-0.39, 0.29) is 10.7 Å². The Morgan fingerprint density at radius 2 is 1.37 bits per heavy atom. The number of halogens is 4. The van der Waals surface area contributed by atoms with E-state index >= 15 is 0 Å². The summed E-state index contributed by atoms with van der Waals surface area (Å²) in [7, 11) is 0. The summed E-state index contributed by atoms with van der Waals surface area (Å²) < 4.78 is 40.5. The van der Waals surface area contributed by atoms with Crippen molar-refractivity contribution in [3.63, 3.8) is 0 Å². The van der Waals surface area contributed by atoms with Gasteiger partial charge < -0.3 is 0 Å². The van der Waals surface area contributed by atoms with Gasteiger partial charge in [0.1, 0.15) is 11.2 Å². The lowest BCUT2D eigenvalue weighted by Gasteiger charge is -2.08. The van der Waals surface area contributed by atoms with E-state index in [9.17, 15) is 13.2 Å². The SMILES string of the molecule is FC(F)(F)c1cc(Cl)c2nc(-c3ccccc3)c(-c3ccccc3)n[n+]2c1. The highest BCUT2D eigenvalue weighted by Crippen LogP contribution is 2.32. The van der Waals surface area contributed by atoms with E-state index in [0.717, 1.165) is 27.9 Å². The van der Waals surface area contributed by atoms with Gasteiger partial charge in [0.2, 0.25) is 5.69 Å². The molecule has 4 rings (SSSR count). The summed E-state index contributed by atoms with van der Waals surface area (Å²) in [5, 5.41) is 4.31. The van der Waals surface area contributed by atoms with Crippen LogP contribution in [0, 0.1) is 0 Å². The molecule has 0 aliphatic heterocycles. The van der Waals surface area contributed by atoms with Crippen molar-refractivity contribution in [2.24, 2.45) is 0 Å². The number of rotatable bonds is 2. The molecule has 2 aromatic heterocycles. The van der Waals surface area contributed by atoms with Crippen molar-refractivity contribution >= 4 is 17.2 Å². The number of nitrogens with zero attached hydrogens (tertiary/aromatic N) is 3. The normalized spacial score (nSPS) is 11.7. The molecule has 0 radical (unpaired) electrons. The first kappa shape index (κ1) is 17.4. The maximum atomic E-state index is 13.1. The van der Waals surface area contributed by atoms with E-state index in [2.05, 4.69) is 10.1 Å². The van der Waals surface area contributed by atoms with Gasteiger partial charge in [-0.1, -0.05) is 81.9 Å².